The summed E-state index contributed by atoms with van der Waals surface area (Å²) in [6.45, 7) is 6.43. The summed E-state index contributed by atoms with van der Waals surface area (Å²) in [5.41, 5.74) is 13.7. The van der Waals surface area contributed by atoms with E-state index in [1.54, 1.807) is 6.33 Å². The minimum absolute atomic E-state index is 0.544. The van der Waals surface area contributed by atoms with Crippen molar-refractivity contribution in [1.82, 2.24) is 24.7 Å². The van der Waals surface area contributed by atoms with Gasteiger partial charge in [0, 0.05) is 37.7 Å². The monoisotopic (exact) mass is 428 g/mol. The fraction of sp³-hybridized carbons (Fsp3) is 0.333. The molecular weight excluding hydrogens is 400 g/mol. The molecule has 3 aromatic heterocycles. The zero-order valence-corrected chi connectivity index (χ0v) is 18.8. The predicted octanol–water partition coefficient (Wildman–Crippen LogP) is 3.46. The number of hydrogen-bond acceptors (Lipinski definition) is 7. The van der Waals surface area contributed by atoms with Gasteiger partial charge >= 0.3 is 0 Å². The first-order chi connectivity index (χ1) is 15.5. The van der Waals surface area contributed by atoms with Crippen LogP contribution in [0.1, 0.15) is 34.4 Å². The maximum absolute atomic E-state index is 5.86. The SMILES string of the molecule is Cc1cc(N)nc(C)c1CNc1ncnc2nn(Cc3ccc4c(c3)N(C)CCC4)cc12. The third kappa shape index (κ3) is 3.84. The minimum atomic E-state index is 0.544. The average molecular weight is 429 g/mol. The summed E-state index contributed by atoms with van der Waals surface area (Å²) in [6.07, 6.45) is 5.94. The maximum Gasteiger partial charge on any atom is 0.186 e. The Morgan fingerprint density at radius 3 is 2.88 bits per heavy atom. The lowest BCUT2D eigenvalue weighted by molar-refractivity contribution is 0.689. The molecule has 4 aromatic rings. The lowest BCUT2D eigenvalue weighted by Crippen LogP contribution is -2.24. The Morgan fingerprint density at radius 1 is 1.16 bits per heavy atom. The van der Waals surface area contributed by atoms with Crippen molar-refractivity contribution in [3.63, 3.8) is 0 Å². The number of pyridine rings is 1. The fourth-order valence-electron chi connectivity index (χ4n) is 4.52. The third-order valence-electron chi connectivity index (χ3n) is 6.22. The van der Waals surface area contributed by atoms with Crippen LogP contribution in [-0.4, -0.2) is 38.3 Å². The highest BCUT2D eigenvalue weighted by Gasteiger charge is 2.15. The largest absolute Gasteiger partial charge is 0.384 e. The molecule has 8 nitrogen and oxygen atoms in total. The summed E-state index contributed by atoms with van der Waals surface area (Å²) in [4.78, 5) is 15.5. The number of benzene rings is 1. The number of nitrogens with one attached hydrogen (secondary N) is 1. The normalized spacial score (nSPS) is 13.4. The molecule has 5 rings (SSSR count). The molecule has 0 aliphatic carbocycles. The van der Waals surface area contributed by atoms with Crippen LogP contribution in [0, 0.1) is 13.8 Å². The van der Waals surface area contributed by atoms with Gasteiger partial charge in [-0.3, -0.25) is 4.68 Å². The molecule has 1 aliphatic heterocycles. The lowest BCUT2D eigenvalue weighted by atomic mass is 10.00. The third-order valence-corrected chi connectivity index (χ3v) is 6.22. The second-order valence-corrected chi connectivity index (χ2v) is 8.56. The summed E-state index contributed by atoms with van der Waals surface area (Å²) >= 11 is 0. The van der Waals surface area contributed by atoms with Gasteiger partial charge in [-0.15, -0.1) is 0 Å². The van der Waals surface area contributed by atoms with Crippen LogP contribution in [0.5, 0.6) is 0 Å². The number of aryl methyl sites for hydroxylation is 3. The van der Waals surface area contributed by atoms with Gasteiger partial charge in [-0.25, -0.2) is 15.0 Å². The van der Waals surface area contributed by atoms with Crippen LogP contribution in [0.15, 0.2) is 36.8 Å². The van der Waals surface area contributed by atoms with Gasteiger partial charge in [0.2, 0.25) is 0 Å². The van der Waals surface area contributed by atoms with Crippen LogP contribution in [0.25, 0.3) is 11.0 Å². The van der Waals surface area contributed by atoms with Gasteiger partial charge in [-0.2, -0.15) is 5.10 Å². The van der Waals surface area contributed by atoms with E-state index in [4.69, 9.17) is 5.73 Å². The van der Waals surface area contributed by atoms with E-state index in [0.717, 1.165) is 41.0 Å². The first-order valence-corrected chi connectivity index (χ1v) is 11.0. The second-order valence-electron chi connectivity index (χ2n) is 8.56. The van der Waals surface area contributed by atoms with Gasteiger partial charge in [0.05, 0.1) is 11.9 Å². The second kappa shape index (κ2) is 8.11. The zero-order valence-electron chi connectivity index (χ0n) is 18.8. The van der Waals surface area contributed by atoms with E-state index in [1.807, 2.05) is 30.8 Å². The Labute approximate surface area is 187 Å². The van der Waals surface area contributed by atoms with Gasteiger partial charge in [-0.1, -0.05) is 12.1 Å². The van der Waals surface area contributed by atoms with Crippen molar-refractivity contribution >= 4 is 28.4 Å². The number of anilines is 3. The van der Waals surface area contributed by atoms with Crippen molar-refractivity contribution in [3.05, 3.63) is 64.7 Å². The van der Waals surface area contributed by atoms with Crippen LogP contribution >= 0.6 is 0 Å². The summed E-state index contributed by atoms with van der Waals surface area (Å²) in [7, 11) is 2.16. The number of nitrogens with two attached hydrogens (primary N) is 1. The summed E-state index contributed by atoms with van der Waals surface area (Å²) in [5.74, 6) is 1.31. The molecule has 1 aliphatic rings. The van der Waals surface area contributed by atoms with Gasteiger partial charge < -0.3 is 16.0 Å². The van der Waals surface area contributed by atoms with E-state index in [1.165, 1.54) is 23.2 Å². The van der Waals surface area contributed by atoms with Gasteiger partial charge in [-0.05, 0) is 61.1 Å². The average Bonchev–Trinajstić information content (AvgIpc) is 3.17. The van der Waals surface area contributed by atoms with Gasteiger partial charge in [0.15, 0.2) is 5.65 Å². The summed E-state index contributed by atoms with van der Waals surface area (Å²) in [5, 5.41) is 9.03. The Bertz CT molecular complexity index is 1270. The smallest absolute Gasteiger partial charge is 0.186 e. The highest BCUT2D eigenvalue weighted by Crippen LogP contribution is 2.28. The molecule has 0 bridgehead atoms. The molecule has 0 fully saturated rings. The van der Waals surface area contributed by atoms with Crippen LogP contribution in [0.3, 0.4) is 0 Å². The summed E-state index contributed by atoms with van der Waals surface area (Å²) < 4.78 is 1.94. The molecule has 0 amide bonds. The Balaban J connectivity index is 1.39. The van der Waals surface area contributed by atoms with E-state index >= 15 is 0 Å². The minimum Gasteiger partial charge on any atom is -0.384 e. The number of aromatic nitrogens is 5. The van der Waals surface area contributed by atoms with E-state index in [9.17, 15) is 0 Å². The van der Waals surface area contributed by atoms with Crippen LogP contribution in [-0.2, 0) is 19.5 Å². The number of nitrogens with zero attached hydrogens (tertiary/aromatic N) is 6. The molecule has 32 heavy (non-hydrogen) atoms. The quantitative estimate of drug-likeness (QED) is 0.502. The molecule has 4 heterocycles. The Hall–Kier alpha value is -3.68. The molecule has 164 valence electrons. The lowest BCUT2D eigenvalue weighted by Gasteiger charge is -2.28. The zero-order chi connectivity index (χ0) is 22.2. The highest BCUT2D eigenvalue weighted by atomic mass is 15.3. The van der Waals surface area contributed by atoms with Crippen LogP contribution in [0.2, 0.25) is 0 Å². The van der Waals surface area contributed by atoms with Gasteiger partial charge in [0.25, 0.3) is 0 Å². The van der Waals surface area contributed by atoms with Crippen molar-refractivity contribution in [1.29, 1.82) is 0 Å². The van der Waals surface area contributed by atoms with Crippen LogP contribution in [0.4, 0.5) is 17.3 Å². The molecule has 8 heteroatoms. The molecule has 3 N–H and O–H groups in total. The van der Waals surface area contributed by atoms with Crippen molar-refractivity contribution in [2.45, 2.75) is 39.8 Å². The topological polar surface area (TPSA) is 97.8 Å². The van der Waals surface area contributed by atoms with Gasteiger partial charge in [0.1, 0.15) is 18.0 Å². The number of hydrogen-bond donors (Lipinski definition) is 2. The van der Waals surface area contributed by atoms with Crippen molar-refractivity contribution in [2.24, 2.45) is 0 Å². The molecule has 0 spiro atoms. The van der Waals surface area contributed by atoms with E-state index in [-0.39, 0.29) is 0 Å². The number of fused-ring (bicyclic) bond motifs is 2. The maximum atomic E-state index is 5.86. The Kier molecular flexibility index (Phi) is 5.13. The highest BCUT2D eigenvalue weighted by molar-refractivity contribution is 5.85. The molecular formula is C24H28N8. The van der Waals surface area contributed by atoms with E-state index in [2.05, 4.69) is 55.5 Å². The molecule has 0 saturated carbocycles. The molecule has 0 unspecified atom stereocenters. The number of rotatable bonds is 5. The van der Waals surface area contributed by atoms with Crippen molar-refractivity contribution < 1.29 is 0 Å². The van der Waals surface area contributed by atoms with Crippen molar-refractivity contribution in [3.8, 4) is 0 Å². The molecule has 0 atom stereocenters. The molecule has 0 saturated heterocycles. The molecule has 1 aromatic carbocycles. The predicted molar refractivity (Wildman–Crippen MR) is 128 cm³/mol. The fourth-order valence-corrected chi connectivity index (χ4v) is 4.52. The number of nitrogen functional groups attached to an aromatic ring is 1. The summed E-state index contributed by atoms with van der Waals surface area (Å²) in [6, 6.07) is 8.63. The first-order valence-electron chi connectivity index (χ1n) is 11.0. The first kappa shape index (κ1) is 20.2. The van der Waals surface area contributed by atoms with Crippen LogP contribution < -0.4 is 16.0 Å². The Morgan fingerprint density at radius 2 is 2.03 bits per heavy atom. The van der Waals surface area contributed by atoms with E-state index in [0.29, 0.717) is 24.6 Å². The van der Waals surface area contributed by atoms with Crippen molar-refractivity contribution in [2.75, 3.05) is 29.5 Å². The van der Waals surface area contributed by atoms with E-state index < -0.39 is 0 Å². The standard InChI is InChI=1S/C24H28N8/c1-15-9-22(25)29-16(2)19(15)11-26-23-20-13-32(30-24(20)28-14-27-23)12-17-6-7-18-5-4-8-31(3)21(18)10-17/h6-7,9-10,13-14H,4-5,8,11-12H2,1-3H3,(H2,25,29)(H,26,27,28,30). The molecule has 0 radical (unpaired) electrons.